The van der Waals surface area contributed by atoms with Crippen LogP contribution in [0.2, 0.25) is 0 Å². The van der Waals surface area contributed by atoms with Gasteiger partial charge in [0.2, 0.25) is 0 Å². The predicted molar refractivity (Wildman–Crippen MR) is 56.9 cm³/mol. The molecule has 0 saturated carbocycles. The maximum absolute atomic E-state index is 8.71. The van der Waals surface area contributed by atoms with Gasteiger partial charge < -0.3 is 10.8 Å². The minimum Gasteiger partial charge on any atom is -0.396 e. The molecule has 0 aliphatic rings. The summed E-state index contributed by atoms with van der Waals surface area (Å²) in [5, 5.41) is 8.71. The number of hydrogen-bond donors (Lipinski definition) is 2. The van der Waals surface area contributed by atoms with E-state index in [0.29, 0.717) is 6.42 Å². The second kappa shape index (κ2) is 5.27. The van der Waals surface area contributed by atoms with Gasteiger partial charge in [-0.05, 0) is 30.4 Å². The molecule has 13 heavy (non-hydrogen) atoms. The van der Waals surface area contributed by atoms with Crippen molar-refractivity contribution in [1.29, 1.82) is 0 Å². The lowest BCUT2D eigenvalue weighted by atomic mass is 10.1. The second-order valence-corrected chi connectivity index (χ2v) is 3.77. The van der Waals surface area contributed by atoms with Crippen molar-refractivity contribution in [2.75, 3.05) is 12.9 Å². The topological polar surface area (TPSA) is 46.2 Å². The van der Waals surface area contributed by atoms with Crippen molar-refractivity contribution < 1.29 is 5.11 Å². The Morgan fingerprint density at radius 2 is 2.00 bits per heavy atom. The molecule has 0 aliphatic heterocycles. The van der Waals surface area contributed by atoms with Gasteiger partial charge in [0.25, 0.3) is 0 Å². The molecule has 0 aliphatic carbocycles. The fourth-order valence-electron chi connectivity index (χ4n) is 1.16. The third kappa shape index (κ3) is 3.03. The minimum atomic E-state index is -0.0408. The highest BCUT2D eigenvalue weighted by molar-refractivity contribution is 7.98. The summed E-state index contributed by atoms with van der Waals surface area (Å²) < 4.78 is 0. The molecule has 3 N–H and O–H groups in total. The van der Waals surface area contributed by atoms with E-state index in [1.165, 1.54) is 4.90 Å². The van der Waals surface area contributed by atoms with Gasteiger partial charge in [-0.15, -0.1) is 11.8 Å². The number of thioether (sulfide) groups is 1. The standard InChI is InChI=1S/C10H15NOS/c1-13-9-4-2-8(3-5-9)10(11)6-7-12/h2-5,10,12H,6-7,11H2,1H3/t10-/m0/s1. The Morgan fingerprint density at radius 3 is 2.46 bits per heavy atom. The van der Waals surface area contributed by atoms with Crippen molar-refractivity contribution in [3.05, 3.63) is 29.8 Å². The third-order valence-corrected chi connectivity index (χ3v) is 2.73. The summed E-state index contributed by atoms with van der Waals surface area (Å²) in [6, 6.07) is 8.10. The summed E-state index contributed by atoms with van der Waals surface area (Å²) in [5.74, 6) is 0. The molecule has 0 heterocycles. The van der Waals surface area contributed by atoms with E-state index in [1.807, 2.05) is 18.4 Å². The van der Waals surface area contributed by atoms with E-state index in [1.54, 1.807) is 11.8 Å². The first-order chi connectivity index (χ1) is 6.27. The van der Waals surface area contributed by atoms with Crippen molar-refractivity contribution in [2.45, 2.75) is 17.4 Å². The van der Waals surface area contributed by atoms with Gasteiger partial charge in [-0.3, -0.25) is 0 Å². The SMILES string of the molecule is CSc1ccc([C@@H](N)CCO)cc1. The maximum atomic E-state index is 8.71. The van der Waals surface area contributed by atoms with E-state index in [-0.39, 0.29) is 12.6 Å². The van der Waals surface area contributed by atoms with E-state index in [2.05, 4.69) is 12.1 Å². The van der Waals surface area contributed by atoms with E-state index in [0.717, 1.165) is 5.56 Å². The molecule has 0 aromatic heterocycles. The van der Waals surface area contributed by atoms with Gasteiger partial charge in [0, 0.05) is 17.5 Å². The maximum Gasteiger partial charge on any atom is 0.0449 e. The van der Waals surface area contributed by atoms with Gasteiger partial charge in [-0.25, -0.2) is 0 Å². The molecule has 0 spiro atoms. The van der Waals surface area contributed by atoms with Crippen LogP contribution < -0.4 is 5.73 Å². The number of benzene rings is 1. The first kappa shape index (κ1) is 10.6. The monoisotopic (exact) mass is 197 g/mol. The van der Waals surface area contributed by atoms with Crippen LogP contribution in [0.4, 0.5) is 0 Å². The minimum absolute atomic E-state index is 0.0408. The van der Waals surface area contributed by atoms with E-state index in [4.69, 9.17) is 10.8 Å². The second-order valence-electron chi connectivity index (χ2n) is 2.89. The molecule has 0 fully saturated rings. The van der Waals surface area contributed by atoms with Crippen molar-refractivity contribution in [3.63, 3.8) is 0 Å². The Balaban J connectivity index is 2.67. The molecule has 72 valence electrons. The van der Waals surface area contributed by atoms with Crippen LogP contribution in [0.5, 0.6) is 0 Å². The van der Waals surface area contributed by atoms with Crippen LogP contribution >= 0.6 is 11.8 Å². The summed E-state index contributed by atoms with van der Waals surface area (Å²) in [4.78, 5) is 1.24. The molecule has 1 atom stereocenters. The molecular formula is C10H15NOS. The number of aliphatic hydroxyl groups excluding tert-OH is 1. The van der Waals surface area contributed by atoms with E-state index in [9.17, 15) is 0 Å². The van der Waals surface area contributed by atoms with Crippen LogP contribution in [-0.4, -0.2) is 18.0 Å². The molecule has 0 saturated heterocycles. The van der Waals surface area contributed by atoms with Gasteiger partial charge in [0.1, 0.15) is 0 Å². The lowest BCUT2D eigenvalue weighted by Crippen LogP contribution is -2.11. The zero-order chi connectivity index (χ0) is 9.68. The highest BCUT2D eigenvalue weighted by Crippen LogP contribution is 2.19. The van der Waals surface area contributed by atoms with Crippen LogP contribution in [0, 0.1) is 0 Å². The molecule has 0 bridgehead atoms. The lowest BCUT2D eigenvalue weighted by Gasteiger charge is -2.10. The van der Waals surface area contributed by atoms with Crippen LogP contribution in [0.25, 0.3) is 0 Å². The number of nitrogens with two attached hydrogens (primary N) is 1. The Hall–Kier alpha value is -0.510. The molecular weight excluding hydrogens is 182 g/mol. The average molecular weight is 197 g/mol. The van der Waals surface area contributed by atoms with Crippen molar-refractivity contribution in [1.82, 2.24) is 0 Å². The summed E-state index contributed by atoms with van der Waals surface area (Å²) in [5.41, 5.74) is 6.92. The van der Waals surface area contributed by atoms with Crippen molar-refractivity contribution >= 4 is 11.8 Å². The van der Waals surface area contributed by atoms with Gasteiger partial charge in [-0.2, -0.15) is 0 Å². The van der Waals surface area contributed by atoms with Gasteiger partial charge in [-0.1, -0.05) is 12.1 Å². The predicted octanol–water partition coefficient (Wildman–Crippen LogP) is 1.79. The van der Waals surface area contributed by atoms with Gasteiger partial charge >= 0.3 is 0 Å². The largest absolute Gasteiger partial charge is 0.396 e. The summed E-state index contributed by atoms with van der Waals surface area (Å²) in [6.07, 6.45) is 2.67. The third-order valence-electron chi connectivity index (χ3n) is 1.98. The Kier molecular flexibility index (Phi) is 4.28. The van der Waals surface area contributed by atoms with Gasteiger partial charge in [0.05, 0.1) is 0 Å². The normalized spacial score (nSPS) is 12.8. The molecule has 0 radical (unpaired) electrons. The highest BCUT2D eigenvalue weighted by atomic mass is 32.2. The molecule has 1 aromatic carbocycles. The Labute approximate surface area is 83.1 Å². The summed E-state index contributed by atoms with van der Waals surface area (Å²) >= 11 is 1.71. The van der Waals surface area contributed by atoms with Crippen LogP contribution in [0.15, 0.2) is 29.2 Å². The highest BCUT2D eigenvalue weighted by Gasteiger charge is 2.03. The Bertz CT molecular complexity index is 248. The van der Waals surface area contributed by atoms with Crippen LogP contribution in [-0.2, 0) is 0 Å². The number of rotatable bonds is 4. The number of aliphatic hydroxyl groups is 1. The van der Waals surface area contributed by atoms with Crippen LogP contribution in [0.1, 0.15) is 18.0 Å². The van der Waals surface area contributed by atoms with Crippen molar-refractivity contribution in [3.8, 4) is 0 Å². The Morgan fingerprint density at radius 1 is 1.38 bits per heavy atom. The molecule has 1 aromatic rings. The summed E-state index contributed by atoms with van der Waals surface area (Å²) in [7, 11) is 0. The first-order valence-corrected chi connectivity index (χ1v) is 5.50. The van der Waals surface area contributed by atoms with Crippen molar-refractivity contribution in [2.24, 2.45) is 5.73 Å². The van der Waals surface area contributed by atoms with E-state index >= 15 is 0 Å². The average Bonchev–Trinajstić information content (AvgIpc) is 2.18. The molecule has 0 unspecified atom stereocenters. The van der Waals surface area contributed by atoms with Gasteiger partial charge in [0.15, 0.2) is 0 Å². The quantitative estimate of drug-likeness (QED) is 0.723. The molecule has 3 heteroatoms. The number of hydrogen-bond acceptors (Lipinski definition) is 3. The first-order valence-electron chi connectivity index (χ1n) is 4.28. The summed E-state index contributed by atoms with van der Waals surface area (Å²) in [6.45, 7) is 0.144. The van der Waals surface area contributed by atoms with E-state index < -0.39 is 0 Å². The smallest absolute Gasteiger partial charge is 0.0449 e. The molecule has 1 rings (SSSR count). The van der Waals surface area contributed by atoms with Crippen LogP contribution in [0.3, 0.4) is 0 Å². The fourth-order valence-corrected chi connectivity index (χ4v) is 1.57. The zero-order valence-electron chi connectivity index (χ0n) is 7.73. The fraction of sp³-hybridized carbons (Fsp3) is 0.400. The zero-order valence-corrected chi connectivity index (χ0v) is 8.55. The molecule has 2 nitrogen and oxygen atoms in total. The lowest BCUT2D eigenvalue weighted by molar-refractivity contribution is 0.276. The molecule has 0 amide bonds.